The monoisotopic (exact) mass is 221 g/mol. The molecule has 15 heavy (non-hydrogen) atoms. The number of hydrogen-bond donors (Lipinski definition) is 1. The molecule has 0 bridgehead atoms. The molecule has 0 radical (unpaired) electrons. The van der Waals surface area contributed by atoms with Gasteiger partial charge in [-0.1, -0.05) is 0 Å². The van der Waals surface area contributed by atoms with Crippen molar-refractivity contribution in [1.82, 2.24) is 5.48 Å². The van der Waals surface area contributed by atoms with E-state index in [1.807, 2.05) is 0 Å². The van der Waals surface area contributed by atoms with Crippen LogP contribution in [0.5, 0.6) is 5.75 Å². The van der Waals surface area contributed by atoms with Crippen LogP contribution in [0.3, 0.4) is 0 Å². The van der Waals surface area contributed by atoms with E-state index in [1.165, 1.54) is 14.2 Å². The van der Waals surface area contributed by atoms with Gasteiger partial charge in [-0.25, -0.2) is 8.78 Å². The van der Waals surface area contributed by atoms with Gasteiger partial charge in [0.25, 0.3) is 0 Å². The predicted octanol–water partition coefficient (Wildman–Crippen LogP) is 1.76. The van der Waals surface area contributed by atoms with Crippen molar-refractivity contribution in [2.24, 2.45) is 0 Å². The second-order valence-corrected chi connectivity index (χ2v) is 2.70. The SMILES string of the molecule is CONCc1cc(F)c(F)c(F)c1OC. The summed E-state index contributed by atoms with van der Waals surface area (Å²) >= 11 is 0. The standard InChI is InChI=1S/C9H10F3NO2/c1-14-9-5(4-13-15-2)3-6(10)7(11)8(9)12/h3,13H,4H2,1-2H3. The van der Waals surface area contributed by atoms with Crippen molar-refractivity contribution in [3.63, 3.8) is 0 Å². The highest BCUT2D eigenvalue weighted by molar-refractivity contribution is 5.36. The zero-order valence-corrected chi connectivity index (χ0v) is 8.23. The number of halogens is 3. The lowest BCUT2D eigenvalue weighted by Crippen LogP contribution is -2.13. The normalized spacial score (nSPS) is 10.5. The molecule has 1 aromatic rings. The molecule has 0 saturated heterocycles. The van der Waals surface area contributed by atoms with Crippen molar-refractivity contribution in [3.05, 3.63) is 29.1 Å². The molecule has 0 spiro atoms. The van der Waals surface area contributed by atoms with E-state index in [4.69, 9.17) is 0 Å². The van der Waals surface area contributed by atoms with Gasteiger partial charge in [0.05, 0.1) is 14.2 Å². The molecule has 3 nitrogen and oxygen atoms in total. The lowest BCUT2D eigenvalue weighted by molar-refractivity contribution is 0.0858. The Morgan fingerprint density at radius 1 is 1.20 bits per heavy atom. The van der Waals surface area contributed by atoms with Crippen molar-refractivity contribution < 1.29 is 22.7 Å². The maximum atomic E-state index is 13.1. The number of hydroxylamine groups is 1. The van der Waals surface area contributed by atoms with Crippen LogP contribution in [0.4, 0.5) is 13.2 Å². The fourth-order valence-corrected chi connectivity index (χ4v) is 1.13. The number of benzene rings is 1. The van der Waals surface area contributed by atoms with E-state index < -0.39 is 17.5 Å². The van der Waals surface area contributed by atoms with Gasteiger partial charge in [-0.05, 0) is 6.07 Å². The molecular weight excluding hydrogens is 211 g/mol. The van der Waals surface area contributed by atoms with Gasteiger partial charge in [-0.2, -0.15) is 9.87 Å². The summed E-state index contributed by atoms with van der Waals surface area (Å²) in [5.41, 5.74) is 2.51. The number of methoxy groups -OCH3 is 1. The van der Waals surface area contributed by atoms with Crippen LogP contribution in [0.1, 0.15) is 5.56 Å². The quantitative estimate of drug-likeness (QED) is 0.620. The minimum Gasteiger partial charge on any atom is -0.493 e. The van der Waals surface area contributed by atoms with Crippen molar-refractivity contribution >= 4 is 0 Å². The van der Waals surface area contributed by atoms with E-state index in [9.17, 15) is 13.2 Å². The van der Waals surface area contributed by atoms with E-state index >= 15 is 0 Å². The molecule has 6 heteroatoms. The van der Waals surface area contributed by atoms with Crippen LogP contribution >= 0.6 is 0 Å². The van der Waals surface area contributed by atoms with Crippen LogP contribution in [0.25, 0.3) is 0 Å². The highest BCUT2D eigenvalue weighted by Crippen LogP contribution is 2.26. The Bertz CT molecular complexity index is 358. The first kappa shape index (κ1) is 11.8. The van der Waals surface area contributed by atoms with Crippen LogP contribution in [-0.2, 0) is 11.4 Å². The van der Waals surface area contributed by atoms with Gasteiger partial charge in [0.15, 0.2) is 17.4 Å². The fourth-order valence-electron chi connectivity index (χ4n) is 1.13. The predicted molar refractivity (Wildman–Crippen MR) is 46.7 cm³/mol. The molecule has 0 amide bonds. The molecule has 0 aromatic heterocycles. The van der Waals surface area contributed by atoms with Gasteiger partial charge >= 0.3 is 0 Å². The second-order valence-electron chi connectivity index (χ2n) is 2.70. The minimum atomic E-state index is -1.55. The van der Waals surface area contributed by atoms with Gasteiger partial charge in [-0.3, -0.25) is 0 Å². The molecule has 1 aromatic carbocycles. The zero-order chi connectivity index (χ0) is 11.4. The number of ether oxygens (including phenoxy) is 1. The number of rotatable bonds is 4. The van der Waals surface area contributed by atoms with Crippen molar-refractivity contribution in [3.8, 4) is 5.75 Å². The zero-order valence-electron chi connectivity index (χ0n) is 8.23. The summed E-state index contributed by atoms with van der Waals surface area (Å²) in [6.45, 7) is 0.00773. The summed E-state index contributed by atoms with van der Waals surface area (Å²) in [7, 11) is 2.52. The molecule has 0 saturated carbocycles. The summed E-state index contributed by atoms with van der Waals surface area (Å²) in [6, 6.07) is 0.850. The van der Waals surface area contributed by atoms with Crippen LogP contribution in [0, 0.1) is 17.5 Å². The fraction of sp³-hybridized carbons (Fsp3) is 0.333. The molecule has 0 aliphatic rings. The molecule has 1 N–H and O–H groups in total. The highest BCUT2D eigenvalue weighted by Gasteiger charge is 2.18. The summed E-state index contributed by atoms with van der Waals surface area (Å²) in [4.78, 5) is 4.51. The molecule has 1 rings (SSSR count). The van der Waals surface area contributed by atoms with Gasteiger partial charge < -0.3 is 9.57 Å². The Balaban J connectivity index is 3.13. The Kier molecular flexibility index (Phi) is 3.93. The summed E-state index contributed by atoms with van der Waals surface area (Å²) in [5, 5.41) is 0. The van der Waals surface area contributed by atoms with Crippen molar-refractivity contribution in [2.45, 2.75) is 6.54 Å². The smallest absolute Gasteiger partial charge is 0.203 e. The molecule has 0 aliphatic heterocycles. The maximum Gasteiger partial charge on any atom is 0.203 e. The molecule has 0 heterocycles. The first-order valence-corrected chi connectivity index (χ1v) is 4.08. The number of hydrogen-bond acceptors (Lipinski definition) is 3. The third-order valence-electron chi connectivity index (χ3n) is 1.81. The van der Waals surface area contributed by atoms with Crippen LogP contribution in [0.2, 0.25) is 0 Å². The van der Waals surface area contributed by atoms with Gasteiger partial charge in [0, 0.05) is 12.1 Å². The largest absolute Gasteiger partial charge is 0.493 e. The molecule has 0 aliphatic carbocycles. The van der Waals surface area contributed by atoms with Gasteiger partial charge in [-0.15, -0.1) is 0 Å². The Morgan fingerprint density at radius 3 is 2.40 bits per heavy atom. The summed E-state index contributed by atoms with van der Waals surface area (Å²) in [6.07, 6.45) is 0. The van der Waals surface area contributed by atoms with E-state index in [-0.39, 0.29) is 17.9 Å². The first-order valence-electron chi connectivity index (χ1n) is 4.08. The van der Waals surface area contributed by atoms with E-state index in [2.05, 4.69) is 15.1 Å². The third-order valence-corrected chi connectivity index (χ3v) is 1.81. The Hall–Kier alpha value is -1.27. The highest BCUT2D eigenvalue weighted by atomic mass is 19.2. The van der Waals surface area contributed by atoms with Crippen molar-refractivity contribution in [2.75, 3.05) is 14.2 Å². The average Bonchev–Trinajstić information content (AvgIpc) is 2.23. The molecular formula is C9H10F3NO2. The minimum absolute atomic E-state index is 0.00773. The van der Waals surface area contributed by atoms with Crippen molar-refractivity contribution in [1.29, 1.82) is 0 Å². The molecule has 0 unspecified atom stereocenters. The van der Waals surface area contributed by atoms with Gasteiger partial charge in [0.2, 0.25) is 5.82 Å². The third kappa shape index (κ3) is 2.40. The summed E-state index contributed by atoms with van der Waals surface area (Å²) in [5.74, 6) is -4.49. The molecule has 0 atom stereocenters. The topological polar surface area (TPSA) is 30.5 Å². The number of nitrogens with one attached hydrogen (secondary N) is 1. The Labute approximate surface area is 84.8 Å². The maximum absolute atomic E-state index is 13.1. The Morgan fingerprint density at radius 2 is 1.87 bits per heavy atom. The van der Waals surface area contributed by atoms with E-state index in [1.54, 1.807) is 0 Å². The molecule has 0 fully saturated rings. The van der Waals surface area contributed by atoms with E-state index in [0.29, 0.717) is 0 Å². The second kappa shape index (κ2) is 4.99. The lowest BCUT2D eigenvalue weighted by Gasteiger charge is -2.10. The summed E-state index contributed by atoms with van der Waals surface area (Å²) < 4.78 is 43.4. The van der Waals surface area contributed by atoms with Crippen LogP contribution < -0.4 is 10.2 Å². The van der Waals surface area contributed by atoms with E-state index in [0.717, 1.165) is 6.07 Å². The van der Waals surface area contributed by atoms with Crippen LogP contribution in [0.15, 0.2) is 6.07 Å². The first-order chi connectivity index (χ1) is 7.11. The van der Waals surface area contributed by atoms with Gasteiger partial charge in [0.1, 0.15) is 0 Å². The lowest BCUT2D eigenvalue weighted by atomic mass is 10.2. The molecule has 84 valence electrons. The van der Waals surface area contributed by atoms with Crippen LogP contribution in [-0.4, -0.2) is 14.2 Å². The average molecular weight is 221 g/mol.